The molecule has 2 aromatic heterocycles. The van der Waals surface area contributed by atoms with Crippen LogP contribution in [0.4, 0.5) is 11.8 Å². The molecule has 2 atom stereocenters. The lowest BCUT2D eigenvalue weighted by Gasteiger charge is -2.40. The molecule has 7 nitrogen and oxygen atoms in total. The molecular formula is C22H28BrN7. The number of anilines is 2. The molecule has 1 saturated carbocycles. The topological polar surface area (TPSA) is 71.8 Å². The molecule has 0 aromatic carbocycles. The van der Waals surface area contributed by atoms with Crippen molar-refractivity contribution in [3.05, 3.63) is 53.7 Å². The van der Waals surface area contributed by atoms with Crippen molar-refractivity contribution in [2.45, 2.75) is 64.1 Å². The Kier molecular flexibility index (Phi) is 6.04. The number of halogens is 1. The SMILES string of the molecule is C=C(Br)/C=C\C(=C)[C@H](C)Nc1ncc2c(n1)N(C1CCCC1)[C@H](CC)c1nncn1-2. The Morgan fingerprint density at radius 3 is 2.80 bits per heavy atom. The summed E-state index contributed by atoms with van der Waals surface area (Å²) in [4.78, 5) is 12.0. The smallest absolute Gasteiger partial charge is 0.225 e. The molecule has 3 heterocycles. The maximum atomic E-state index is 4.97. The molecule has 158 valence electrons. The van der Waals surface area contributed by atoms with Crippen LogP contribution in [0.3, 0.4) is 0 Å². The van der Waals surface area contributed by atoms with Crippen LogP contribution in [0.1, 0.15) is 57.8 Å². The molecule has 0 bridgehead atoms. The van der Waals surface area contributed by atoms with E-state index in [0.717, 1.165) is 33.8 Å². The number of hydrogen-bond acceptors (Lipinski definition) is 6. The molecule has 1 aliphatic carbocycles. The highest BCUT2D eigenvalue weighted by Gasteiger charge is 2.38. The van der Waals surface area contributed by atoms with Crippen molar-refractivity contribution in [3.8, 4) is 5.69 Å². The first-order chi connectivity index (χ1) is 14.5. The van der Waals surface area contributed by atoms with Gasteiger partial charge in [-0.05, 0) is 37.8 Å². The van der Waals surface area contributed by atoms with Crippen LogP contribution in [0.25, 0.3) is 5.69 Å². The van der Waals surface area contributed by atoms with Gasteiger partial charge < -0.3 is 10.2 Å². The van der Waals surface area contributed by atoms with Gasteiger partial charge in [-0.3, -0.25) is 4.57 Å². The quantitative estimate of drug-likeness (QED) is 0.569. The number of hydrogen-bond donors (Lipinski definition) is 1. The first-order valence-corrected chi connectivity index (χ1v) is 11.3. The number of rotatable bonds is 7. The average molecular weight is 470 g/mol. The molecule has 4 rings (SSSR count). The standard InChI is InChI=1S/C22H28BrN7/c1-5-18-21-28-25-13-29(21)19-12-24-22(26-16(4)14(2)10-11-15(3)23)27-20(19)30(18)17-8-6-7-9-17/h10-13,16-18H,2-3,5-9H2,1,4H3,(H,24,26,27)/b11-10-/t16-,18+/m0/s1. The van der Waals surface area contributed by atoms with Crippen LogP contribution < -0.4 is 10.2 Å². The summed E-state index contributed by atoms with van der Waals surface area (Å²) in [5.74, 6) is 2.53. The van der Waals surface area contributed by atoms with Crippen LogP contribution in [0.2, 0.25) is 0 Å². The highest BCUT2D eigenvalue weighted by molar-refractivity contribution is 9.11. The summed E-state index contributed by atoms with van der Waals surface area (Å²) in [6.45, 7) is 12.2. The fourth-order valence-electron chi connectivity index (χ4n) is 4.34. The summed E-state index contributed by atoms with van der Waals surface area (Å²) in [6.07, 6.45) is 13.3. The first kappa shape index (κ1) is 20.8. The predicted octanol–water partition coefficient (Wildman–Crippen LogP) is 5.09. The van der Waals surface area contributed by atoms with Gasteiger partial charge in [0.25, 0.3) is 0 Å². The Hall–Kier alpha value is -2.48. The van der Waals surface area contributed by atoms with E-state index < -0.39 is 0 Å². The third kappa shape index (κ3) is 3.93. The van der Waals surface area contributed by atoms with Crippen molar-refractivity contribution >= 4 is 27.7 Å². The third-order valence-electron chi connectivity index (χ3n) is 5.95. The van der Waals surface area contributed by atoms with Crippen LogP contribution in [-0.2, 0) is 0 Å². The van der Waals surface area contributed by atoms with E-state index in [2.05, 4.69) is 61.4 Å². The van der Waals surface area contributed by atoms with Crippen molar-refractivity contribution < 1.29 is 0 Å². The number of aromatic nitrogens is 5. The fourth-order valence-corrected chi connectivity index (χ4v) is 4.47. The minimum atomic E-state index is -0.0119. The van der Waals surface area contributed by atoms with E-state index in [1.165, 1.54) is 25.7 Å². The van der Waals surface area contributed by atoms with E-state index in [9.17, 15) is 0 Å². The van der Waals surface area contributed by atoms with Gasteiger partial charge in [0.05, 0.1) is 18.3 Å². The van der Waals surface area contributed by atoms with E-state index >= 15 is 0 Å². The number of nitrogens with one attached hydrogen (secondary N) is 1. The van der Waals surface area contributed by atoms with Gasteiger partial charge in [-0.1, -0.05) is 54.9 Å². The molecule has 2 aromatic rings. The van der Waals surface area contributed by atoms with Crippen molar-refractivity contribution in [3.63, 3.8) is 0 Å². The van der Waals surface area contributed by atoms with Gasteiger partial charge in [0, 0.05) is 10.5 Å². The lowest BCUT2D eigenvalue weighted by Crippen LogP contribution is -2.42. The normalized spacial score (nSPS) is 19.6. The maximum absolute atomic E-state index is 4.97. The van der Waals surface area contributed by atoms with Crippen LogP contribution in [0.15, 0.2) is 47.9 Å². The minimum absolute atomic E-state index is 0.0119. The summed E-state index contributed by atoms with van der Waals surface area (Å²) in [7, 11) is 0. The van der Waals surface area contributed by atoms with Crippen molar-refractivity contribution in [2.75, 3.05) is 10.2 Å². The molecule has 1 fully saturated rings. The highest BCUT2D eigenvalue weighted by Crippen LogP contribution is 2.42. The van der Waals surface area contributed by atoms with Gasteiger partial charge in [0.1, 0.15) is 12.0 Å². The Bertz CT molecular complexity index is 974. The van der Waals surface area contributed by atoms with Gasteiger partial charge in [-0.2, -0.15) is 4.98 Å². The Morgan fingerprint density at radius 2 is 2.10 bits per heavy atom. The third-order valence-corrected chi connectivity index (χ3v) is 6.21. The number of nitrogens with zero attached hydrogens (tertiary/aromatic N) is 6. The molecule has 0 amide bonds. The van der Waals surface area contributed by atoms with Gasteiger partial charge in [0.2, 0.25) is 5.95 Å². The second kappa shape index (κ2) is 8.71. The van der Waals surface area contributed by atoms with E-state index in [1.807, 2.05) is 29.8 Å². The van der Waals surface area contributed by atoms with Gasteiger partial charge in [-0.25, -0.2) is 4.98 Å². The highest BCUT2D eigenvalue weighted by atomic mass is 79.9. The summed E-state index contributed by atoms with van der Waals surface area (Å²) in [6, 6.07) is 0.635. The average Bonchev–Trinajstić information content (AvgIpc) is 3.42. The fraction of sp³-hybridized carbons (Fsp3) is 0.455. The second-order valence-electron chi connectivity index (χ2n) is 7.95. The summed E-state index contributed by atoms with van der Waals surface area (Å²) < 4.78 is 2.84. The second-order valence-corrected chi connectivity index (χ2v) is 8.97. The molecule has 0 radical (unpaired) electrons. The Balaban J connectivity index is 1.68. The van der Waals surface area contributed by atoms with Crippen LogP contribution in [0, 0.1) is 0 Å². The zero-order valence-electron chi connectivity index (χ0n) is 17.6. The lowest BCUT2D eigenvalue weighted by molar-refractivity contribution is 0.469. The molecular weight excluding hydrogens is 442 g/mol. The molecule has 30 heavy (non-hydrogen) atoms. The van der Waals surface area contributed by atoms with Crippen molar-refractivity contribution in [2.24, 2.45) is 0 Å². The predicted molar refractivity (Wildman–Crippen MR) is 124 cm³/mol. The number of allylic oxidation sites excluding steroid dienone is 2. The molecule has 8 heteroatoms. The van der Waals surface area contributed by atoms with E-state index in [4.69, 9.17) is 4.98 Å². The molecule has 0 saturated heterocycles. The zero-order valence-corrected chi connectivity index (χ0v) is 19.1. The lowest BCUT2D eigenvalue weighted by atomic mass is 10.0. The molecule has 0 unspecified atom stereocenters. The van der Waals surface area contributed by atoms with Crippen LogP contribution in [-0.4, -0.2) is 36.8 Å². The van der Waals surface area contributed by atoms with Crippen LogP contribution in [0.5, 0.6) is 0 Å². The monoisotopic (exact) mass is 469 g/mol. The maximum Gasteiger partial charge on any atom is 0.225 e. The van der Waals surface area contributed by atoms with Crippen molar-refractivity contribution in [1.29, 1.82) is 0 Å². The molecule has 1 aliphatic heterocycles. The molecule has 1 N–H and O–H groups in total. The van der Waals surface area contributed by atoms with E-state index in [1.54, 1.807) is 6.33 Å². The summed E-state index contributed by atoms with van der Waals surface area (Å²) in [5, 5.41) is 12.0. The number of fused-ring (bicyclic) bond motifs is 3. The molecule has 2 aliphatic rings. The summed E-state index contributed by atoms with van der Waals surface area (Å²) >= 11 is 3.34. The van der Waals surface area contributed by atoms with E-state index in [-0.39, 0.29) is 12.1 Å². The zero-order chi connectivity index (χ0) is 21.3. The van der Waals surface area contributed by atoms with Crippen molar-refractivity contribution in [1.82, 2.24) is 24.7 Å². The van der Waals surface area contributed by atoms with Gasteiger partial charge >= 0.3 is 0 Å². The Labute approximate surface area is 186 Å². The minimum Gasteiger partial charge on any atom is -0.348 e. The largest absolute Gasteiger partial charge is 0.348 e. The molecule has 0 spiro atoms. The Morgan fingerprint density at radius 1 is 1.33 bits per heavy atom. The first-order valence-electron chi connectivity index (χ1n) is 10.5. The van der Waals surface area contributed by atoms with Gasteiger partial charge in [0.15, 0.2) is 11.6 Å². The van der Waals surface area contributed by atoms with E-state index in [0.29, 0.717) is 12.0 Å². The van der Waals surface area contributed by atoms with Gasteiger partial charge in [-0.15, -0.1) is 10.2 Å². The summed E-state index contributed by atoms with van der Waals surface area (Å²) in [5.41, 5.74) is 1.87. The van der Waals surface area contributed by atoms with Crippen LogP contribution >= 0.6 is 15.9 Å².